The molecule has 0 aliphatic rings. The minimum absolute atomic E-state index is 0.122. The van der Waals surface area contributed by atoms with Gasteiger partial charge in [0.2, 0.25) is 11.1 Å². The molecule has 144 valence electrons. The number of amides is 1. The average Bonchev–Trinajstić information content (AvgIpc) is 3.20. The second kappa shape index (κ2) is 9.18. The molecule has 0 saturated carbocycles. The summed E-state index contributed by atoms with van der Waals surface area (Å²) in [6.07, 6.45) is 0. The molecule has 0 radical (unpaired) electrons. The summed E-state index contributed by atoms with van der Waals surface area (Å²) in [6.45, 7) is 2.40. The molecule has 2 N–H and O–H groups in total. The van der Waals surface area contributed by atoms with Gasteiger partial charge in [-0.2, -0.15) is 0 Å². The number of carbonyl (C=O) groups is 2. The summed E-state index contributed by atoms with van der Waals surface area (Å²) in [5, 5.41) is 10.4. The number of hydrogen-bond donors (Lipinski definition) is 2. The van der Waals surface area contributed by atoms with Crippen LogP contribution in [0.1, 0.15) is 21.5 Å². The van der Waals surface area contributed by atoms with Crippen molar-refractivity contribution in [3.8, 4) is 11.4 Å². The third-order valence-electron chi connectivity index (χ3n) is 3.99. The maximum absolute atomic E-state index is 12.1. The Kier molecular flexibility index (Phi) is 6.44. The zero-order valence-corrected chi connectivity index (χ0v) is 16.4. The van der Waals surface area contributed by atoms with E-state index in [1.807, 2.05) is 31.2 Å². The second-order valence-corrected chi connectivity index (χ2v) is 7.03. The van der Waals surface area contributed by atoms with Crippen molar-refractivity contribution in [2.24, 2.45) is 0 Å². The Morgan fingerprint density at radius 2 is 1.82 bits per heavy atom. The fraction of sp³-hybridized carbons (Fsp3) is 0.200. The molecule has 0 aliphatic carbocycles. The SMILES string of the molecule is COC(=O)c1ccc(CNC(=O)CSc2n[nH]c(-c3ccc(C)cc3)n2)cc1. The van der Waals surface area contributed by atoms with E-state index in [1.165, 1.54) is 24.4 Å². The van der Waals surface area contributed by atoms with E-state index in [-0.39, 0.29) is 17.6 Å². The van der Waals surface area contributed by atoms with Gasteiger partial charge in [0.1, 0.15) is 0 Å². The van der Waals surface area contributed by atoms with Gasteiger partial charge in [0, 0.05) is 12.1 Å². The molecule has 0 spiro atoms. The first-order valence-electron chi connectivity index (χ1n) is 8.61. The number of aryl methyl sites for hydroxylation is 1. The molecule has 1 heterocycles. The molecular formula is C20H20N4O3S. The number of esters is 1. The van der Waals surface area contributed by atoms with E-state index in [2.05, 4.69) is 25.2 Å². The first-order valence-corrected chi connectivity index (χ1v) is 9.60. The standard InChI is InChI=1S/C20H20N4O3S/c1-13-3-7-15(8-4-13)18-22-20(24-23-18)28-12-17(25)21-11-14-5-9-16(10-6-14)19(26)27-2/h3-10H,11-12H2,1-2H3,(H,21,25)(H,22,23,24). The Morgan fingerprint density at radius 3 is 2.50 bits per heavy atom. The summed E-state index contributed by atoms with van der Waals surface area (Å²) in [7, 11) is 1.34. The lowest BCUT2D eigenvalue weighted by molar-refractivity contribution is -0.118. The summed E-state index contributed by atoms with van der Waals surface area (Å²) >= 11 is 1.26. The van der Waals surface area contributed by atoms with Gasteiger partial charge in [-0.15, -0.1) is 5.10 Å². The lowest BCUT2D eigenvalue weighted by Crippen LogP contribution is -2.24. The summed E-state index contributed by atoms with van der Waals surface area (Å²) < 4.78 is 4.66. The quantitative estimate of drug-likeness (QED) is 0.471. The van der Waals surface area contributed by atoms with E-state index >= 15 is 0 Å². The minimum atomic E-state index is -0.386. The predicted molar refractivity (Wildman–Crippen MR) is 107 cm³/mol. The number of H-pyrrole nitrogens is 1. The number of rotatable bonds is 7. The number of aromatic amines is 1. The highest BCUT2D eigenvalue weighted by Crippen LogP contribution is 2.19. The number of hydrogen-bond acceptors (Lipinski definition) is 6. The van der Waals surface area contributed by atoms with Crippen molar-refractivity contribution >= 4 is 23.6 Å². The fourth-order valence-electron chi connectivity index (χ4n) is 2.41. The maximum Gasteiger partial charge on any atom is 0.337 e. The second-order valence-electron chi connectivity index (χ2n) is 6.09. The third kappa shape index (κ3) is 5.20. The van der Waals surface area contributed by atoms with Crippen LogP contribution in [-0.4, -0.2) is 39.9 Å². The Hall–Kier alpha value is -3.13. The summed E-state index contributed by atoms with van der Waals surface area (Å²) in [5.41, 5.74) is 3.49. The summed E-state index contributed by atoms with van der Waals surface area (Å²) in [5.74, 6) is 0.381. The first kappa shape index (κ1) is 19.6. The van der Waals surface area contributed by atoms with Crippen LogP contribution >= 0.6 is 11.8 Å². The number of ether oxygens (including phenoxy) is 1. The fourth-order valence-corrected chi connectivity index (χ4v) is 3.04. The molecule has 2 aromatic carbocycles. The zero-order chi connectivity index (χ0) is 19.9. The molecule has 0 bridgehead atoms. The van der Waals surface area contributed by atoms with Crippen LogP contribution in [0, 0.1) is 6.92 Å². The molecule has 8 heteroatoms. The maximum atomic E-state index is 12.1. The molecule has 1 amide bonds. The van der Waals surface area contributed by atoms with Crippen molar-refractivity contribution in [2.45, 2.75) is 18.6 Å². The topological polar surface area (TPSA) is 97.0 Å². The molecule has 3 rings (SSSR count). The summed E-state index contributed by atoms with van der Waals surface area (Å²) in [4.78, 5) is 27.9. The Balaban J connectivity index is 1.47. The lowest BCUT2D eigenvalue weighted by Gasteiger charge is -2.05. The van der Waals surface area contributed by atoms with Gasteiger partial charge in [0.05, 0.1) is 18.4 Å². The van der Waals surface area contributed by atoms with Gasteiger partial charge in [-0.1, -0.05) is 53.7 Å². The molecule has 28 heavy (non-hydrogen) atoms. The van der Waals surface area contributed by atoms with Crippen molar-refractivity contribution in [3.05, 3.63) is 65.2 Å². The summed E-state index contributed by atoms with van der Waals surface area (Å²) in [6, 6.07) is 14.9. The average molecular weight is 396 g/mol. The van der Waals surface area contributed by atoms with Gasteiger partial charge < -0.3 is 10.1 Å². The van der Waals surface area contributed by atoms with Crippen molar-refractivity contribution in [1.82, 2.24) is 20.5 Å². The van der Waals surface area contributed by atoms with Gasteiger partial charge in [0.25, 0.3) is 0 Å². The molecule has 0 saturated heterocycles. The van der Waals surface area contributed by atoms with Gasteiger partial charge in [-0.3, -0.25) is 9.89 Å². The Bertz CT molecular complexity index is 952. The number of nitrogens with zero attached hydrogens (tertiary/aromatic N) is 2. The number of nitrogens with one attached hydrogen (secondary N) is 2. The van der Waals surface area contributed by atoms with Crippen LogP contribution < -0.4 is 5.32 Å². The van der Waals surface area contributed by atoms with Crippen LogP contribution in [0.2, 0.25) is 0 Å². The third-order valence-corrected chi connectivity index (χ3v) is 4.83. The largest absolute Gasteiger partial charge is 0.465 e. The van der Waals surface area contributed by atoms with E-state index in [0.29, 0.717) is 23.1 Å². The van der Waals surface area contributed by atoms with E-state index in [1.54, 1.807) is 24.3 Å². The molecule has 3 aromatic rings. The normalized spacial score (nSPS) is 10.5. The van der Waals surface area contributed by atoms with Crippen LogP contribution in [0.25, 0.3) is 11.4 Å². The zero-order valence-electron chi connectivity index (χ0n) is 15.6. The van der Waals surface area contributed by atoms with Crippen LogP contribution in [0.15, 0.2) is 53.7 Å². The number of thioether (sulfide) groups is 1. The van der Waals surface area contributed by atoms with E-state index in [9.17, 15) is 9.59 Å². The van der Waals surface area contributed by atoms with Gasteiger partial charge in [-0.25, -0.2) is 9.78 Å². The molecule has 0 unspecified atom stereocenters. The minimum Gasteiger partial charge on any atom is -0.465 e. The van der Waals surface area contributed by atoms with Crippen molar-refractivity contribution in [1.29, 1.82) is 0 Å². The first-order chi connectivity index (χ1) is 13.5. The molecule has 0 aliphatic heterocycles. The van der Waals surface area contributed by atoms with E-state index in [0.717, 1.165) is 11.1 Å². The molecule has 1 aromatic heterocycles. The van der Waals surface area contributed by atoms with Crippen molar-refractivity contribution < 1.29 is 14.3 Å². The highest BCUT2D eigenvalue weighted by molar-refractivity contribution is 7.99. The number of methoxy groups -OCH3 is 1. The van der Waals surface area contributed by atoms with Gasteiger partial charge in [0.15, 0.2) is 5.82 Å². The monoisotopic (exact) mass is 396 g/mol. The molecule has 0 atom stereocenters. The van der Waals surface area contributed by atoms with Crippen LogP contribution in [0.5, 0.6) is 0 Å². The highest BCUT2D eigenvalue weighted by atomic mass is 32.2. The highest BCUT2D eigenvalue weighted by Gasteiger charge is 2.09. The number of carbonyl (C=O) groups excluding carboxylic acids is 2. The predicted octanol–water partition coefficient (Wildman–Crippen LogP) is 2.98. The Morgan fingerprint density at radius 1 is 1.11 bits per heavy atom. The lowest BCUT2D eigenvalue weighted by atomic mass is 10.1. The van der Waals surface area contributed by atoms with Crippen LogP contribution in [-0.2, 0) is 16.1 Å². The molecular weight excluding hydrogens is 376 g/mol. The van der Waals surface area contributed by atoms with E-state index in [4.69, 9.17) is 0 Å². The molecule has 0 fully saturated rings. The number of benzene rings is 2. The van der Waals surface area contributed by atoms with Crippen molar-refractivity contribution in [3.63, 3.8) is 0 Å². The van der Waals surface area contributed by atoms with Crippen molar-refractivity contribution in [2.75, 3.05) is 12.9 Å². The van der Waals surface area contributed by atoms with E-state index < -0.39 is 0 Å². The Labute approximate surface area is 166 Å². The van der Waals surface area contributed by atoms with Crippen LogP contribution in [0.4, 0.5) is 0 Å². The molecule has 7 nitrogen and oxygen atoms in total. The van der Waals surface area contributed by atoms with Gasteiger partial charge >= 0.3 is 5.97 Å². The van der Waals surface area contributed by atoms with Crippen LogP contribution in [0.3, 0.4) is 0 Å². The smallest absolute Gasteiger partial charge is 0.337 e. The van der Waals surface area contributed by atoms with Gasteiger partial charge in [-0.05, 0) is 24.6 Å². The number of aromatic nitrogens is 3.